The number of carbonyl (C=O) groups excluding carboxylic acids is 2. The molecule has 2 atom stereocenters. The molecule has 0 saturated heterocycles. The van der Waals surface area contributed by atoms with Gasteiger partial charge >= 0.3 is 11.9 Å². The van der Waals surface area contributed by atoms with Crippen LogP contribution in [0.15, 0.2) is 85.1 Å². The Morgan fingerprint density at radius 2 is 0.695 bits per heavy atom. The summed E-state index contributed by atoms with van der Waals surface area (Å²) in [5.74, 6) is -0.832. The molecule has 0 rings (SSSR count). The molecule has 0 aromatic carbocycles. The average Bonchev–Trinajstić information content (AvgIpc) is 3.46. The molecule has 0 aliphatic heterocycles. The van der Waals surface area contributed by atoms with Crippen molar-refractivity contribution in [2.45, 2.75) is 315 Å². The zero-order chi connectivity index (χ0) is 59.8. The van der Waals surface area contributed by atoms with Crippen LogP contribution in [0.3, 0.4) is 0 Å². The Balaban J connectivity index is 4.03. The van der Waals surface area contributed by atoms with Gasteiger partial charge in [-0.3, -0.25) is 14.2 Å². The van der Waals surface area contributed by atoms with E-state index in [1.807, 2.05) is 21.1 Å². The van der Waals surface area contributed by atoms with Gasteiger partial charge in [0, 0.05) is 12.8 Å². The van der Waals surface area contributed by atoms with Gasteiger partial charge in [-0.25, -0.2) is 0 Å². The molecular formula is C72H130NO8P. The van der Waals surface area contributed by atoms with Gasteiger partial charge in [0.15, 0.2) is 6.10 Å². The molecular weight excluding hydrogens is 1040 g/mol. The van der Waals surface area contributed by atoms with Gasteiger partial charge in [0.05, 0.1) is 27.7 Å². The lowest BCUT2D eigenvalue weighted by Crippen LogP contribution is -2.37. The highest BCUT2D eigenvalue weighted by atomic mass is 31.2. The zero-order valence-electron chi connectivity index (χ0n) is 54.2. The summed E-state index contributed by atoms with van der Waals surface area (Å²) < 4.78 is 34.3. The van der Waals surface area contributed by atoms with E-state index in [1.165, 1.54) is 193 Å². The minimum absolute atomic E-state index is 0.0341. The first kappa shape index (κ1) is 79.2. The fourth-order valence-corrected chi connectivity index (χ4v) is 10.4. The van der Waals surface area contributed by atoms with Crippen LogP contribution < -0.4 is 4.89 Å². The van der Waals surface area contributed by atoms with Gasteiger partial charge < -0.3 is 27.9 Å². The molecule has 0 heterocycles. The van der Waals surface area contributed by atoms with Crippen LogP contribution in [0, 0.1) is 0 Å². The lowest BCUT2D eigenvalue weighted by atomic mass is 10.0. The monoisotopic (exact) mass is 1170 g/mol. The molecule has 0 bridgehead atoms. The molecule has 9 nitrogen and oxygen atoms in total. The number of hydrogen-bond acceptors (Lipinski definition) is 8. The van der Waals surface area contributed by atoms with E-state index in [-0.39, 0.29) is 32.0 Å². The topological polar surface area (TPSA) is 111 Å². The highest BCUT2D eigenvalue weighted by molar-refractivity contribution is 7.45. The van der Waals surface area contributed by atoms with Crippen molar-refractivity contribution in [2.75, 3.05) is 47.5 Å². The first-order valence-corrected chi connectivity index (χ1v) is 35.8. The van der Waals surface area contributed by atoms with Crippen molar-refractivity contribution in [1.82, 2.24) is 0 Å². The lowest BCUT2D eigenvalue weighted by Gasteiger charge is -2.28. The number of unbranched alkanes of at least 4 members (excludes halogenated alkanes) is 35. The Morgan fingerprint density at radius 3 is 1.04 bits per heavy atom. The zero-order valence-corrected chi connectivity index (χ0v) is 55.1. The molecule has 82 heavy (non-hydrogen) atoms. The normalized spacial score (nSPS) is 13.7. The quantitative estimate of drug-likeness (QED) is 0.0195. The summed E-state index contributed by atoms with van der Waals surface area (Å²) >= 11 is 0. The van der Waals surface area contributed by atoms with E-state index < -0.39 is 26.5 Å². The molecule has 476 valence electrons. The predicted octanol–water partition coefficient (Wildman–Crippen LogP) is 21.5. The Morgan fingerprint density at radius 1 is 0.390 bits per heavy atom. The van der Waals surface area contributed by atoms with Crippen molar-refractivity contribution in [3.63, 3.8) is 0 Å². The van der Waals surface area contributed by atoms with Crippen molar-refractivity contribution < 1.29 is 42.1 Å². The fourth-order valence-electron chi connectivity index (χ4n) is 9.66. The highest BCUT2D eigenvalue weighted by Crippen LogP contribution is 2.38. The van der Waals surface area contributed by atoms with Crippen LogP contribution >= 0.6 is 7.82 Å². The number of rotatable bonds is 63. The third-order valence-corrected chi connectivity index (χ3v) is 15.9. The lowest BCUT2D eigenvalue weighted by molar-refractivity contribution is -0.870. The van der Waals surface area contributed by atoms with E-state index in [4.69, 9.17) is 18.5 Å². The van der Waals surface area contributed by atoms with E-state index in [0.717, 1.165) is 83.5 Å². The van der Waals surface area contributed by atoms with E-state index in [0.29, 0.717) is 17.4 Å². The van der Waals surface area contributed by atoms with E-state index in [9.17, 15) is 19.0 Å². The molecule has 0 saturated carbocycles. The summed E-state index contributed by atoms with van der Waals surface area (Å²) in [6.45, 7) is 4.14. The van der Waals surface area contributed by atoms with Crippen molar-refractivity contribution >= 4 is 19.8 Å². The number of hydrogen-bond donors (Lipinski definition) is 0. The Labute approximate surface area is 507 Å². The summed E-state index contributed by atoms with van der Waals surface area (Å²) in [5, 5.41) is 0. The highest BCUT2D eigenvalue weighted by Gasteiger charge is 2.22. The van der Waals surface area contributed by atoms with Crippen molar-refractivity contribution in [3.05, 3.63) is 85.1 Å². The molecule has 0 fully saturated rings. The summed E-state index contributed by atoms with van der Waals surface area (Å²) in [5.41, 5.74) is 0. The smallest absolute Gasteiger partial charge is 0.306 e. The molecule has 0 radical (unpaired) electrons. The van der Waals surface area contributed by atoms with Gasteiger partial charge in [-0.1, -0.05) is 292 Å². The fraction of sp³-hybridized carbons (Fsp3) is 0.778. The number of ether oxygens (including phenoxy) is 2. The molecule has 0 amide bonds. The third kappa shape index (κ3) is 66.3. The second-order valence-corrected chi connectivity index (χ2v) is 25.6. The SMILES string of the molecule is CC/C=C\C/C=C\C/C=C\C/C=C\C/C=C\CCCCCCCCCCCC(=O)OC(COC(=O)CCCCCCCCCCCCCCCCCCCCCCC/C=C\C/C=C\CCCCCCC)COP(=O)([O-])OCC[N+](C)(C)C. The summed E-state index contributed by atoms with van der Waals surface area (Å²) in [6.07, 6.45) is 85.2. The molecule has 0 aliphatic carbocycles. The number of carbonyl (C=O) groups is 2. The minimum Gasteiger partial charge on any atom is -0.756 e. The minimum atomic E-state index is -4.65. The Hall–Kier alpha value is -2.81. The van der Waals surface area contributed by atoms with Crippen LogP contribution in [0.2, 0.25) is 0 Å². The first-order valence-electron chi connectivity index (χ1n) is 34.3. The maximum Gasteiger partial charge on any atom is 0.306 e. The van der Waals surface area contributed by atoms with E-state index in [2.05, 4.69) is 98.9 Å². The van der Waals surface area contributed by atoms with E-state index in [1.54, 1.807) is 0 Å². The van der Waals surface area contributed by atoms with Gasteiger partial charge in [0.1, 0.15) is 19.8 Å². The Bertz CT molecular complexity index is 1660. The number of esters is 2. The number of nitrogens with zero attached hydrogens (tertiary/aromatic N) is 1. The molecule has 10 heteroatoms. The number of quaternary nitrogens is 1. The number of phosphoric ester groups is 1. The van der Waals surface area contributed by atoms with Crippen LogP contribution in [-0.4, -0.2) is 70.0 Å². The number of likely N-dealkylation sites (N-methyl/N-ethyl adjacent to an activating group) is 1. The first-order chi connectivity index (χ1) is 40.0. The largest absolute Gasteiger partial charge is 0.756 e. The second kappa shape index (κ2) is 62.7. The molecule has 0 spiro atoms. The standard InChI is InChI=1S/C72H130NO8P/c1-6-8-10-12-14-16-18-20-22-24-26-28-30-32-33-34-35-36-37-38-39-41-42-44-46-48-50-52-54-56-58-60-62-64-71(74)78-68-70(69-80-82(76,77)79-67-66-73(3,4)5)81-72(75)65-63-61-59-57-55-53-51-49-47-45-43-40-31-29-27-25-23-21-19-17-15-13-11-9-7-2/h9,11,15,17-18,20-21,23-24,26-27,29,40,43,70H,6-8,10,12-14,16,19,22,25,28,30-39,41-42,44-69H2,1-5H3/b11-9-,17-15-,20-18-,23-21-,26-24-,29-27-,43-40-. The van der Waals surface area contributed by atoms with Crippen molar-refractivity contribution in [2.24, 2.45) is 0 Å². The maximum absolute atomic E-state index is 12.8. The number of allylic oxidation sites excluding steroid dienone is 14. The summed E-state index contributed by atoms with van der Waals surface area (Å²) in [4.78, 5) is 38.0. The van der Waals surface area contributed by atoms with Gasteiger partial charge in [-0.15, -0.1) is 0 Å². The summed E-state index contributed by atoms with van der Waals surface area (Å²) in [7, 11) is 1.16. The van der Waals surface area contributed by atoms with Crippen LogP contribution in [-0.2, 0) is 32.7 Å². The van der Waals surface area contributed by atoms with Gasteiger partial charge in [-0.05, 0) is 89.9 Å². The van der Waals surface area contributed by atoms with Gasteiger partial charge in [0.25, 0.3) is 7.82 Å². The average molecular weight is 1170 g/mol. The predicted molar refractivity (Wildman–Crippen MR) is 351 cm³/mol. The van der Waals surface area contributed by atoms with Crippen molar-refractivity contribution in [1.29, 1.82) is 0 Å². The molecule has 0 aromatic heterocycles. The molecule has 0 aliphatic rings. The van der Waals surface area contributed by atoms with Crippen LogP contribution in [0.5, 0.6) is 0 Å². The molecule has 0 N–H and O–H groups in total. The third-order valence-electron chi connectivity index (χ3n) is 14.9. The van der Waals surface area contributed by atoms with Crippen LogP contribution in [0.1, 0.15) is 309 Å². The number of phosphoric acid groups is 1. The summed E-state index contributed by atoms with van der Waals surface area (Å²) in [6, 6.07) is 0. The second-order valence-electron chi connectivity index (χ2n) is 24.2. The van der Waals surface area contributed by atoms with E-state index >= 15 is 0 Å². The maximum atomic E-state index is 12.8. The van der Waals surface area contributed by atoms with Crippen LogP contribution in [0.4, 0.5) is 0 Å². The van der Waals surface area contributed by atoms with Crippen LogP contribution in [0.25, 0.3) is 0 Å². The molecule has 0 aromatic rings. The van der Waals surface area contributed by atoms with Gasteiger partial charge in [0.2, 0.25) is 0 Å². The Kier molecular flexibility index (Phi) is 60.6. The van der Waals surface area contributed by atoms with Crippen molar-refractivity contribution in [3.8, 4) is 0 Å². The van der Waals surface area contributed by atoms with Gasteiger partial charge in [-0.2, -0.15) is 0 Å². The molecule has 2 unspecified atom stereocenters.